The average molecular weight is 323 g/mol. The molecule has 0 nitrogen and oxygen atoms in total. The zero-order valence-corrected chi connectivity index (χ0v) is 15.9. The molecule has 130 valence electrons. The van der Waals surface area contributed by atoms with Crippen LogP contribution in [0.1, 0.15) is 82.8 Å². The molecule has 0 saturated heterocycles. The molecule has 0 spiro atoms. The van der Waals surface area contributed by atoms with Crippen LogP contribution in [0, 0.1) is 11.8 Å². The quantitative estimate of drug-likeness (QED) is 0.516. The summed E-state index contributed by atoms with van der Waals surface area (Å²) in [6, 6.07) is 14.3. The SMILES string of the molecule is CCCc1ccc2cc([C@H]3CC[C@H](CC(C)CC)CC3)ccc2c1. The topological polar surface area (TPSA) is 0 Å². The van der Waals surface area contributed by atoms with Gasteiger partial charge < -0.3 is 0 Å². The summed E-state index contributed by atoms with van der Waals surface area (Å²) in [5.41, 5.74) is 3.05. The Morgan fingerprint density at radius 2 is 1.62 bits per heavy atom. The molecule has 2 aromatic carbocycles. The molecular formula is C24H34. The van der Waals surface area contributed by atoms with Crippen LogP contribution < -0.4 is 0 Å². The Labute approximate surface area is 148 Å². The molecule has 1 aliphatic carbocycles. The average Bonchev–Trinajstić information content (AvgIpc) is 2.62. The maximum Gasteiger partial charge on any atom is -0.0162 e. The molecule has 0 heterocycles. The van der Waals surface area contributed by atoms with Gasteiger partial charge in [-0.15, -0.1) is 0 Å². The number of aryl methyl sites for hydroxylation is 1. The highest BCUT2D eigenvalue weighted by molar-refractivity contribution is 5.84. The third-order valence-electron chi connectivity index (χ3n) is 6.22. The molecule has 24 heavy (non-hydrogen) atoms. The van der Waals surface area contributed by atoms with E-state index in [4.69, 9.17) is 0 Å². The molecule has 0 radical (unpaired) electrons. The lowest BCUT2D eigenvalue weighted by Gasteiger charge is -2.30. The van der Waals surface area contributed by atoms with Crippen molar-refractivity contribution in [3.63, 3.8) is 0 Å². The van der Waals surface area contributed by atoms with E-state index in [2.05, 4.69) is 57.2 Å². The van der Waals surface area contributed by atoms with Gasteiger partial charge >= 0.3 is 0 Å². The monoisotopic (exact) mass is 322 g/mol. The lowest BCUT2D eigenvalue weighted by atomic mass is 9.75. The summed E-state index contributed by atoms with van der Waals surface area (Å²) >= 11 is 0. The van der Waals surface area contributed by atoms with E-state index < -0.39 is 0 Å². The zero-order valence-electron chi connectivity index (χ0n) is 15.9. The number of fused-ring (bicyclic) bond motifs is 1. The van der Waals surface area contributed by atoms with Crippen molar-refractivity contribution in [2.75, 3.05) is 0 Å². The molecule has 2 aromatic rings. The Morgan fingerprint density at radius 1 is 0.917 bits per heavy atom. The Bertz CT molecular complexity index is 646. The lowest BCUT2D eigenvalue weighted by Crippen LogP contribution is -2.15. The highest BCUT2D eigenvalue weighted by Crippen LogP contribution is 2.39. The third kappa shape index (κ3) is 4.21. The summed E-state index contributed by atoms with van der Waals surface area (Å²) < 4.78 is 0. The highest BCUT2D eigenvalue weighted by Gasteiger charge is 2.23. The van der Waals surface area contributed by atoms with E-state index in [1.165, 1.54) is 67.7 Å². The third-order valence-corrected chi connectivity index (χ3v) is 6.22. The largest absolute Gasteiger partial charge is 0.0651 e. The van der Waals surface area contributed by atoms with Crippen LogP contribution in [-0.4, -0.2) is 0 Å². The van der Waals surface area contributed by atoms with E-state index in [-0.39, 0.29) is 0 Å². The van der Waals surface area contributed by atoms with E-state index in [0.717, 1.165) is 17.8 Å². The molecule has 1 aliphatic rings. The van der Waals surface area contributed by atoms with Crippen LogP contribution in [-0.2, 0) is 6.42 Å². The van der Waals surface area contributed by atoms with Crippen LogP contribution in [0.25, 0.3) is 10.8 Å². The standard InChI is InChI=1S/C24H34/c1-4-6-19-9-12-24-17-23(14-13-22(24)16-19)21-10-7-20(8-11-21)15-18(3)5-2/h9,12-14,16-18,20-21H,4-8,10-11,15H2,1-3H3/t18?,20-,21-. The van der Waals surface area contributed by atoms with Gasteiger partial charge in [0.2, 0.25) is 0 Å². The zero-order chi connectivity index (χ0) is 16.9. The van der Waals surface area contributed by atoms with Gasteiger partial charge in [-0.2, -0.15) is 0 Å². The molecule has 0 aliphatic heterocycles. The fourth-order valence-electron chi connectivity index (χ4n) is 4.48. The van der Waals surface area contributed by atoms with Gasteiger partial charge in [0.05, 0.1) is 0 Å². The molecule has 0 N–H and O–H groups in total. The number of hydrogen-bond donors (Lipinski definition) is 0. The fourth-order valence-corrected chi connectivity index (χ4v) is 4.48. The van der Waals surface area contributed by atoms with Crippen molar-refractivity contribution in [2.24, 2.45) is 11.8 Å². The smallest absolute Gasteiger partial charge is 0.0162 e. The normalized spacial score (nSPS) is 22.6. The Balaban J connectivity index is 1.66. The maximum atomic E-state index is 2.46. The lowest BCUT2D eigenvalue weighted by molar-refractivity contribution is 0.273. The highest BCUT2D eigenvalue weighted by atomic mass is 14.3. The van der Waals surface area contributed by atoms with Crippen molar-refractivity contribution in [3.8, 4) is 0 Å². The van der Waals surface area contributed by atoms with E-state index in [0.29, 0.717) is 0 Å². The molecule has 0 heteroatoms. The number of hydrogen-bond acceptors (Lipinski definition) is 0. The maximum absolute atomic E-state index is 2.46. The summed E-state index contributed by atoms with van der Waals surface area (Å²) in [7, 11) is 0. The van der Waals surface area contributed by atoms with Gasteiger partial charge in [0, 0.05) is 0 Å². The summed E-state index contributed by atoms with van der Waals surface area (Å²) in [4.78, 5) is 0. The van der Waals surface area contributed by atoms with E-state index in [1.807, 2.05) is 0 Å². The molecule has 1 fully saturated rings. The molecule has 0 amide bonds. The first kappa shape index (κ1) is 17.5. The summed E-state index contributed by atoms with van der Waals surface area (Å²) in [6.45, 7) is 7.00. The minimum Gasteiger partial charge on any atom is -0.0651 e. The molecule has 0 bridgehead atoms. The van der Waals surface area contributed by atoms with Crippen LogP contribution in [0.3, 0.4) is 0 Å². The first-order valence-corrected chi connectivity index (χ1v) is 10.2. The van der Waals surface area contributed by atoms with Gasteiger partial charge in [0.15, 0.2) is 0 Å². The predicted octanol–water partition coefficient (Wildman–Crippen LogP) is 7.50. The van der Waals surface area contributed by atoms with Gasteiger partial charge in [-0.05, 0) is 78.2 Å². The first-order chi connectivity index (χ1) is 11.7. The molecule has 3 rings (SSSR count). The molecule has 1 unspecified atom stereocenters. The van der Waals surface area contributed by atoms with Gasteiger partial charge in [-0.25, -0.2) is 0 Å². The van der Waals surface area contributed by atoms with Crippen LogP contribution in [0.15, 0.2) is 36.4 Å². The second-order valence-electron chi connectivity index (χ2n) is 8.16. The van der Waals surface area contributed by atoms with Crippen molar-refractivity contribution >= 4 is 10.8 Å². The van der Waals surface area contributed by atoms with Crippen molar-refractivity contribution in [1.82, 2.24) is 0 Å². The van der Waals surface area contributed by atoms with Crippen LogP contribution in [0.4, 0.5) is 0 Å². The van der Waals surface area contributed by atoms with E-state index in [9.17, 15) is 0 Å². The minimum atomic E-state index is 0.790. The minimum absolute atomic E-state index is 0.790. The van der Waals surface area contributed by atoms with Crippen LogP contribution in [0.5, 0.6) is 0 Å². The molecular weight excluding hydrogens is 288 g/mol. The Kier molecular flexibility index (Phi) is 5.98. The first-order valence-electron chi connectivity index (χ1n) is 10.2. The van der Waals surface area contributed by atoms with Crippen molar-refractivity contribution in [3.05, 3.63) is 47.5 Å². The van der Waals surface area contributed by atoms with Gasteiger partial charge in [0.1, 0.15) is 0 Å². The summed E-state index contributed by atoms with van der Waals surface area (Å²) in [5.74, 6) is 2.68. The second-order valence-corrected chi connectivity index (χ2v) is 8.16. The van der Waals surface area contributed by atoms with E-state index in [1.54, 1.807) is 5.56 Å². The molecule has 1 atom stereocenters. The van der Waals surface area contributed by atoms with Gasteiger partial charge in [-0.1, -0.05) is 70.0 Å². The summed E-state index contributed by atoms with van der Waals surface area (Å²) in [6.07, 6.45) is 10.8. The number of rotatable bonds is 6. The van der Waals surface area contributed by atoms with Crippen LogP contribution >= 0.6 is 0 Å². The van der Waals surface area contributed by atoms with Crippen molar-refractivity contribution in [2.45, 2.75) is 78.1 Å². The van der Waals surface area contributed by atoms with Crippen molar-refractivity contribution < 1.29 is 0 Å². The van der Waals surface area contributed by atoms with E-state index >= 15 is 0 Å². The van der Waals surface area contributed by atoms with Gasteiger partial charge in [0.25, 0.3) is 0 Å². The second kappa shape index (κ2) is 8.19. The van der Waals surface area contributed by atoms with Crippen LogP contribution in [0.2, 0.25) is 0 Å². The predicted molar refractivity (Wildman–Crippen MR) is 107 cm³/mol. The molecule has 0 aromatic heterocycles. The fraction of sp³-hybridized carbons (Fsp3) is 0.583. The summed E-state index contributed by atoms with van der Waals surface area (Å²) in [5, 5.41) is 2.84. The van der Waals surface area contributed by atoms with Crippen molar-refractivity contribution in [1.29, 1.82) is 0 Å². The Morgan fingerprint density at radius 3 is 2.33 bits per heavy atom. The Hall–Kier alpha value is -1.30. The number of benzene rings is 2. The van der Waals surface area contributed by atoms with Gasteiger partial charge in [-0.3, -0.25) is 0 Å². The molecule has 1 saturated carbocycles.